The Kier molecular flexibility index (Phi) is 6.12. The minimum atomic E-state index is -3.74. The van der Waals surface area contributed by atoms with E-state index in [0.29, 0.717) is 12.8 Å². The van der Waals surface area contributed by atoms with E-state index in [4.69, 9.17) is 0 Å². The molecule has 146 valence electrons. The van der Waals surface area contributed by atoms with Crippen LogP contribution in [0.1, 0.15) is 36.9 Å². The zero-order chi connectivity index (χ0) is 20.1. The molecule has 1 fully saturated rings. The van der Waals surface area contributed by atoms with Crippen molar-refractivity contribution < 1.29 is 13.2 Å². The van der Waals surface area contributed by atoms with Crippen LogP contribution in [-0.2, 0) is 14.8 Å². The molecule has 2 aromatic carbocycles. The quantitative estimate of drug-likeness (QED) is 0.840. The molecular formula is C21H23N3O3S. The molecule has 1 saturated heterocycles. The van der Waals surface area contributed by atoms with E-state index in [1.807, 2.05) is 43.3 Å². The highest BCUT2D eigenvalue weighted by atomic mass is 32.2. The molecule has 0 spiro atoms. The second kappa shape index (κ2) is 8.55. The van der Waals surface area contributed by atoms with E-state index in [2.05, 4.69) is 5.32 Å². The number of rotatable bonds is 5. The zero-order valence-electron chi connectivity index (χ0n) is 15.7. The van der Waals surface area contributed by atoms with Crippen LogP contribution < -0.4 is 5.32 Å². The van der Waals surface area contributed by atoms with E-state index in [1.165, 1.54) is 16.4 Å². The van der Waals surface area contributed by atoms with Crippen molar-refractivity contribution >= 4 is 15.9 Å². The molecule has 0 bridgehead atoms. The number of sulfonamides is 1. The molecule has 0 aliphatic carbocycles. The van der Waals surface area contributed by atoms with E-state index < -0.39 is 10.0 Å². The van der Waals surface area contributed by atoms with Crippen LogP contribution in [0.4, 0.5) is 0 Å². The Morgan fingerprint density at radius 3 is 2.36 bits per heavy atom. The predicted octanol–water partition coefficient (Wildman–Crippen LogP) is 2.84. The Bertz CT molecular complexity index is 975. The summed E-state index contributed by atoms with van der Waals surface area (Å²) in [6.07, 6.45) is 0.919. The van der Waals surface area contributed by atoms with Gasteiger partial charge in [-0.1, -0.05) is 42.5 Å². The number of hydrogen-bond acceptors (Lipinski definition) is 4. The normalized spacial score (nSPS) is 16.9. The van der Waals surface area contributed by atoms with Crippen LogP contribution in [0.5, 0.6) is 0 Å². The lowest BCUT2D eigenvalue weighted by molar-refractivity contribution is -0.126. The molecule has 0 saturated carbocycles. The molecule has 1 atom stereocenters. The van der Waals surface area contributed by atoms with Crippen molar-refractivity contribution in [3.8, 4) is 6.07 Å². The van der Waals surface area contributed by atoms with Gasteiger partial charge in [-0.05, 0) is 37.5 Å². The number of hydrogen-bond donors (Lipinski definition) is 1. The van der Waals surface area contributed by atoms with Gasteiger partial charge in [0.15, 0.2) is 0 Å². The molecular weight excluding hydrogens is 374 g/mol. The van der Waals surface area contributed by atoms with Crippen LogP contribution in [0, 0.1) is 17.2 Å². The van der Waals surface area contributed by atoms with Gasteiger partial charge >= 0.3 is 0 Å². The number of carbonyl (C=O) groups excluding carboxylic acids is 1. The maximum Gasteiger partial charge on any atom is 0.244 e. The fraction of sp³-hybridized carbons (Fsp3) is 0.333. The fourth-order valence-corrected chi connectivity index (χ4v) is 5.05. The smallest absolute Gasteiger partial charge is 0.244 e. The van der Waals surface area contributed by atoms with Gasteiger partial charge in [0.2, 0.25) is 15.9 Å². The van der Waals surface area contributed by atoms with Crippen molar-refractivity contribution in [1.82, 2.24) is 9.62 Å². The Labute approximate surface area is 165 Å². The lowest BCUT2D eigenvalue weighted by atomic mass is 9.96. The van der Waals surface area contributed by atoms with Gasteiger partial charge in [-0.25, -0.2) is 8.42 Å². The average molecular weight is 398 g/mol. The fourth-order valence-electron chi connectivity index (χ4n) is 3.44. The summed E-state index contributed by atoms with van der Waals surface area (Å²) in [5, 5.41) is 12.2. The first-order chi connectivity index (χ1) is 13.4. The summed E-state index contributed by atoms with van der Waals surface area (Å²) in [5.74, 6) is -0.269. The lowest BCUT2D eigenvalue weighted by Gasteiger charge is -2.31. The number of nitrogens with zero attached hydrogens (tertiary/aromatic N) is 2. The van der Waals surface area contributed by atoms with E-state index in [-0.39, 0.29) is 41.4 Å². The second-order valence-electron chi connectivity index (χ2n) is 6.93. The Morgan fingerprint density at radius 1 is 1.11 bits per heavy atom. The van der Waals surface area contributed by atoms with Gasteiger partial charge in [-0.3, -0.25) is 4.79 Å². The monoisotopic (exact) mass is 397 g/mol. The van der Waals surface area contributed by atoms with E-state index in [0.717, 1.165) is 5.56 Å². The lowest BCUT2D eigenvalue weighted by Crippen LogP contribution is -2.43. The van der Waals surface area contributed by atoms with E-state index in [9.17, 15) is 18.5 Å². The Morgan fingerprint density at radius 2 is 1.71 bits per heavy atom. The molecule has 3 rings (SSSR count). The molecule has 6 nitrogen and oxygen atoms in total. The SMILES string of the molecule is C[C@@H](NC(=O)C1CCN(S(=O)(=O)c2ccccc2C#N)CC1)c1ccccc1. The van der Waals surface area contributed by atoms with E-state index >= 15 is 0 Å². The van der Waals surface area contributed by atoms with Crippen molar-refractivity contribution in [2.24, 2.45) is 5.92 Å². The highest BCUT2D eigenvalue weighted by molar-refractivity contribution is 7.89. The molecule has 0 aromatic heterocycles. The average Bonchev–Trinajstić information content (AvgIpc) is 2.74. The van der Waals surface area contributed by atoms with Gasteiger partial charge in [-0.15, -0.1) is 0 Å². The molecule has 7 heteroatoms. The molecule has 1 heterocycles. The van der Waals surface area contributed by atoms with E-state index in [1.54, 1.807) is 12.1 Å². The molecule has 28 heavy (non-hydrogen) atoms. The van der Waals surface area contributed by atoms with Crippen molar-refractivity contribution in [3.63, 3.8) is 0 Å². The third kappa shape index (κ3) is 4.24. The standard InChI is InChI=1S/C21H23N3O3S/c1-16(17-7-3-2-4-8-17)23-21(25)18-11-13-24(14-12-18)28(26,27)20-10-6-5-9-19(20)15-22/h2-10,16,18H,11-14H2,1H3,(H,23,25)/t16-/m1/s1. The van der Waals surface area contributed by atoms with Gasteiger partial charge in [0, 0.05) is 19.0 Å². The molecule has 1 N–H and O–H groups in total. The van der Waals surface area contributed by atoms with Crippen LogP contribution in [0.3, 0.4) is 0 Å². The molecule has 2 aromatic rings. The number of nitrogens with one attached hydrogen (secondary N) is 1. The Balaban J connectivity index is 1.62. The summed E-state index contributed by atoms with van der Waals surface area (Å²) >= 11 is 0. The third-order valence-electron chi connectivity index (χ3n) is 5.11. The van der Waals surface area contributed by atoms with Crippen molar-refractivity contribution in [2.75, 3.05) is 13.1 Å². The second-order valence-corrected chi connectivity index (χ2v) is 8.83. The minimum Gasteiger partial charge on any atom is -0.349 e. The van der Waals surface area contributed by atoms with Crippen LogP contribution >= 0.6 is 0 Å². The number of amides is 1. The van der Waals surface area contributed by atoms with Gasteiger partial charge in [0.1, 0.15) is 6.07 Å². The molecule has 0 radical (unpaired) electrons. The summed E-state index contributed by atoms with van der Waals surface area (Å²) in [7, 11) is -3.74. The summed E-state index contributed by atoms with van der Waals surface area (Å²) < 4.78 is 27.1. The van der Waals surface area contributed by atoms with Gasteiger partial charge in [-0.2, -0.15) is 9.57 Å². The van der Waals surface area contributed by atoms with Crippen molar-refractivity contribution in [2.45, 2.75) is 30.7 Å². The number of piperidine rings is 1. The summed E-state index contributed by atoms with van der Waals surface area (Å²) in [5.41, 5.74) is 1.17. The topological polar surface area (TPSA) is 90.3 Å². The summed E-state index contributed by atoms with van der Waals surface area (Å²) in [6, 6.07) is 17.8. The van der Waals surface area contributed by atoms with Crippen molar-refractivity contribution in [3.05, 3.63) is 65.7 Å². The zero-order valence-corrected chi connectivity index (χ0v) is 16.5. The maximum atomic E-state index is 12.9. The molecule has 1 amide bonds. The molecule has 1 aliphatic heterocycles. The molecule has 1 aliphatic rings. The van der Waals surface area contributed by atoms with Crippen LogP contribution in [0.2, 0.25) is 0 Å². The van der Waals surface area contributed by atoms with Crippen LogP contribution in [0.15, 0.2) is 59.5 Å². The number of carbonyl (C=O) groups is 1. The highest BCUT2D eigenvalue weighted by Crippen LogP contribution is 2.26. The first-order valence-electron chi connectivity index (χ1n) is 9.28. The first-order valence-corrected chi connectivity index (χ1v) is 10.7. The van der Waals surface area contributed by atoms with Gasteiger partial charge < -0.3 is 5.32 Å². The number of nitriles is 1. The minimum absolute atomic E-state index is 0.0260. The third-order valence-corrected chi connectivity index (χ3v) is 7.07. The van der Waals surface area contributed by atoms with Crippen LogP contribution in [-0.4, -0.2) is 31.7 Å². The number of benzene rings is 2. The first kappa shape index (κ1) is 20.1. The summed E-state index contributed by atoms with van der Waals surface area (Å²) in [4.78, 5) is 12.6. The van der Waals surface area contributed by atoms with Gasteiger partial charge in [0.05, 0.1) is 16.5 Å². The van der Waals surface area contributed by atoms with Crippen molar-refractivity contribution in [1.29, 1.82) is 5.26 Å². The van der Waals surface area contributed by atoms with Gasteiger partial charge in [0.25, 0.3) is 0 Å². The maximum absolute atomic E-state index is 12.9. The predicted molar refractivity (Wildman–Crippen MR) is 106 cm³/mol. The highest BCUT2D eigenvalue weighted by Gasteiger charge is 2.33. The van der Waals surface area contributed by atoms with Crippen LogP contribution in [0.25, 0.3) is 0 Å². The summed E-state index contributed by atoms with van der Waals surface area (Å²) in [6.45, 7) is 2.46. The largest absolute Gasteiger partial charge is 0.349 e. The Hall–Kier alpha value is -2.69. The molecule has 0 unspecified atom stereocenters.